The van der Waals surface area contributed by atoms with Gasteiger partial charge < -0.3 is 20.4 Å². The van der Waals surface area contributed by atoms with Crippen LogP contribution in [0.4, 0.5) is 4.79 Å². The van der Waals surface area contributed by atoms with Crippen LogP contribution in [0, 0.1) is 6.92 Å². The highest BCUT2D eigenvalue weighted by molar-refractivity contribution is 5.84. The lowest BCUT2D eigenvalue weighted by molar-refractivity contribution is -0.121. The third-order valence-electron chi connectivity index (χ3n) is 3.89. The van der Waals surface area contributed by atoms with Gasteiger partial charge in [0.05, 0.1) is 0 Å². The number of ether oxygens (including phenoxy) is 1. The van der Waals surface area contributed by atoms with Gasteiger partial charge in [0.1, 0.15) is 5.60 Å². The summed E-state index contributed by atoms with van der Waals surface area (Å²) < 4.78 is 5.14. The number of benzene rings is 1. The number of carbonyl (C=O) groups is 2. The molecule has 0 aliphatic heterocycles. The molecule has 0 radical (unpaired) electrons. The van der Waals surface area contributed by atoms with Crippen LogP contribution in [0.2, 0.25) is 0 Å². The van der Waals surface area contributed by atoms with Crippen LogP contribution in [0.1, 0.15) is 44.7 Å². The van der Waals surface area contributed by atoms with Crippen molar-refractivity contribution >= 4 is 22.9 Å². The van der Waals surface area contributed by atoms with Crippen LogP contribution in [0.15, 0.2) is 24.4 Å². The van der Waals surface area contributed by atoms with Crippen molar-refractivity contribution in [3.63, 3.8) is 0 Å². The maximum Gasteiger partial charge on any atom is 0.407 e. The lowest BCUT2D eigenvalue weighted by Crippen LogP contribution is -2.33. The van der Waals surface area contributed by atoms with Gasteiger partial charge >= 0.3 is 6.09 Å². The monoisotopic (exact) mass is 359 g/mol. The Morgan fingerprint density at radius 1 is 1.15 bits per heavy atom. The van der Waals surface area contributed by atoms with Gasteiger partial charge in [-0.25, -0.2) is 4.79 Å². The zero-order chi connectivity index (χ0) is 19.2. The first-order chi connectivity index (χ1) is 12.2. The van der Waals surface area contributed by atoms with E-state index in [0.29, 0.717) is 25.9 Å². The number of rotatable bonds is 7. The molecule has 0 spiro atoms. The fraction of sp³-hybridized carbons (Fsp3) is 0.500. The molecule has 0 saturated carbocycles. The highest BCUT2D eigenvalue weighted by Crippen LogP contribution is 2.19. The maximum atomic E-state index is 11.9. The van der Waals surface area contributed by atoms with Gasteiger partial charge in [0.2, 0.25) is 5.91 Å². The number of carbonyl (C=O) groups excluding carboxylic acids is 2. The van der Waals surface area contributed by atoms with E-state index < -0.39 is 11.7 Å². The van der Waals surface area contributed by atoms with Crippen molar-refractivity contribution in [1.29, 1.82) is 0 Å². The number of hydrogen-bond donors (Lipinski definition) is 3. The Morgan fingerprint density at radius 3 is 2.65 bits per heavy atom. The second-order valence-corrected chi connectivity index (χ2v) is 7.50. The summed E-state index contributed by atoms with van der Waals surface area (Å²) in [4.78, 5) is 26.7. The first kappa shape index (κ1) is 19.8. The van der Waals surface area contributed by atoms with Crippen LogP contribution in [0.25, 0.3) is 10.9 Å². The second-order valence-electron chi connectivity index (χ2n) is 7.50. The second kappa shape index (κ2) is 8.74. The molecule has 0 atom stereocenters. The summed E-state index contributed by atoms with van der Waals surface area (Å²) >= 11 is 0. The minimum Gasteiger partial charge on any atom is -0.444 e. The van der Waals surface area contributed by atoms with E-state index in [-0.39, 0.29) is 5.91 Å². The zero-order valence-corrected chi connectivity index (χ0v) is 16.1. The number of aromatic nitrogens is 1. The average molecular weight is 359 g/mol. The summed E-state index contributed by atoms with van der Waals surface area (Å²) in [6, 6.07) is 6.33. The molecule has 0 bridgehead atoms. The third kappa shape index (κ3) is 6.43. The van der Waals surface area contributed by atoms with Gasteiger partial charge in [0.15, 0.2) is 0 Å². The molecular weight excluding hydrogens is 330 g/mol. The van der Waals surface area contributed by atoms with Crippen LogP contribution in [0.3, 0.4) is 0 Å². The fourth-order valence-corrected chi connectivity index (χ4v) is 2.69. The quantitative estimate of drug-likeness (QED) is 0.662. The summed E-state index contributed by atoms with van der Waals surface area (Å²) in [5, 5.41) is 6.78. The van der Waals surface area contributed by atoms with Crippen molar-refractivity contribution in [1.82, 2.24) is 15.6 Å². The predicted octanol–water partition coefficient (Wildman–Crippen LogP) is 3.44. The first-order valence-corrected chi connectivity index (χ1v) is 9.05. The lowest BCUT2D eigenvalue weighted by Gasteiger charge is -2.19. The van der Waals surface area contributed by atoms with Crippen LogP contribution in [-0.2, 0) is 16.0 Å². The number of fused-ring (bicyclic) bond motifs is 1. The first-order valence-electron chi connectivity index (χ1n) is 9.05. The van der Waals surface area contributed by atoms with E-state index in [1.165, 1.54) is 16.5 Å². The normalized spacial score (nSPS) is 11.4. The lowest BCUT2D eigenvalue weighted by atomic mass is 10.1. The average Bonchev–Trinajstić information content (AvgIpc) is 2.92. The zero-order valence-electron chi connectivity index (χ0n) is 16.1. The summed E-state index contributed by atoms with van der Waals surface area (Å²) in [6.07, 6.45) is 3.29. The Balaban J connectivity index is 1.64. The Bertz CT molecular complexity index is 759. The Kier molecular flexibility index (Phi) is 6.66. The summed E-state index contributed by atoms with van der Waals surface area (Å²) in [5.74, 6) is -0.00771. The van der Waals surface area contributed by atoms with Gasteiger partial charge in [-0.2, -0.15) is 0 Å². The van der Waals surface area contributed by atoms with E-state index in [1.54, 1.807) is 0 Å². The molecule has 0 saturated heterocycles. The van der Waals surface area contributed by atoms with Gasteiger partial charge in [-0.1, -0.05) is 12.1 Å². The summed E-state index contributed by atoms with van der Waals surface area (Å²) in [7, 11) is 0. The summed E-state index contributed by atoms with van der Waals surface area (Å²) in [5.41, 5.74) is 3.04. The van der Waals surface area contributed by atoms with Crippen molar-refractivity contribution in [3.05, 3.63) is 35.5 Å². The SMILES string of the molecule is Cc1ccc2c(CCNC(=O)CCCNC(=O)OC(C)(C)C)c[nH]c2c1. The van der Waals surface area contributed by atoms with E-state index in [4.69, 9.17) is 4.74 Å². The number of aromatic amines is 1. The number of H-pyrrole nitrogens is 1. The van der Waals surface area contributed by atoms with E-state index in [0.717, 1.165) is 11.9 Å². The number of nitrogens with one attached hydrogen (secondary N) is 3. The minimum atomic E-state index is -0.511. The van der Waals surface area contributed by atoms with Gasteiger partial charge in [-0.05, 0) is 57.7 Å². The molecule has 0 aliphatic rings. The molecule has 6 nitrogen and oxygen atoms in total. The number of aryl methyl sites for hydroxylation is 1. The minimum absolute atomic E-state index is 0.00771. The Morgan fingerprint density at radius 2 is 1.92 bits per heavy atom. The van der Waals surface area contributed by atoms with E-state index in [1.807, 2.05) is 27.0 Å². The fourth-order valence-electron chi connectivity index (χ4n) is 2.69. The van der Waals surface area contributed by atoms with Crippen molar-refractivity contribution in [2.45, 2.75) is 52.6 Å². The Labute approximate surface area is 154 Å². The largest absolute Gasteiger partial charge is 0.444 e. The van der Waals surface area contributed by atoms with Crippen molar-refractivity contribution in [3.8, 4) is 0 Å². The highest BCUT2D eigenvalue weighted by Gasteiger charge is 2.15. The predicted molar refractivity (Wildman–Crippen MR) is 103 cm³/mol. The molecule has 2 rings (SSSR count). The van der Waals surface area contributed by atoms with Gasteiger partial charge in [0.25, 0.3) is 0 Å². The van der Waals surface area contributed by atoms with Gasteiger partial charge in [0, 0.05) is 36.6 Å². The van der Waals surface area contributed by atoms with E-state index >= 15 is 0 Å². The number of hydrogen-bond acceptors (Lipinski definition) is 3. The van der Waals surface area contributed by atoms with Crippen molar-refractivity contribution < 1.29 is 14.3 Å². The molecule has 3 N–H and O–H groups in total. The topological polar surface area (TPSA) is 83.2 Å². The number of alkyl carbamates (subject to hydrolysis) is 1. The van der Waals surface area contributed by atoms with Crippen LogP contribution in [-0.4, -0.2) is 35.7 Å². The highest BCUT2D eigenvalue weighted by atomic mass is 16.6. The molecule has 26 heavy (non-hydrogen) atoms. The molecule has 2 aromatic rings. The third-order valence-corrected chi connectivity index (χ3v) is 3.89. The van der Waals surface area contributed by atoms with E-state index in [9.17, 15) is 9.59 Å². The van der Waals surface area contributed by atoms with Crippen LogP contribution >= 0.6 is 0 Å². The van der Waals surface area contributed by atoms with Crippen molar-refractivity contribution in [2.75, 3.05) is 13.1 Å². The molecule has 0 unspecified atom stereocenters. The molecular formula is C20H29N3O3. The standard InChI is InChI=1S/C20H29N3O3/c1-14-7-8-16-15(13-23-17(16)12-14)9-11-21-18(24)6-5-10-22-19(25)26-20(2,3)4/h7-8,12-13,23H,5-6,9-11H2,1-4H3,(H,21,24)(H,22,25). The Hall–Kier alpha value is -2.50. The molecule has 1 aromatic carbocycles. The molecule has 0 aliphatic carbocycles. The molecule has 6 heteroatoms. The summed E-state index contributed by atoms with van der Waals surface area (Å²) in [6.45, 7) is 8.53. The molecule has 2 amide bonds. The molecule has 0 fully saturated rings. The maximum absolute atomic E-state index is 11.9. The van der Waals surface area contributed by atoms with E-state index in [2.05, 4.69) is 40.7 Å². The van der Waals surface area contributed by atoms with Crippen LogP contribution in [0.5, 0.6) is 0 Å². The van der Waals surface area contributed by atoms with Crippen LogP contribution < -0.4 is 10.6 Å². The van der Waals surface area contributed by atoms with Gasteiger partial charge in [-0.3, -0.25) is 4.79 Å². The molecule has 142 valence electrons. The van der Waals surface area contributed by atoms with Crippen molar-refractivity contribution in [2.24, 2.45) is 0 Å². The molecule has 1 heterocycles. The molecule has 1 aromatic heterocycles. The van der Waals surface area contributed by atoms with Gasteiger partial charge in [-0.15, -0.1) is 0 Å². The number of amides is 2. The smallest absolute Gasteiger partial charge is 0.407 e.